The minimum atomic E-state index is -0.899. The number of ether oxygens (including phenoxy) is 1. The van der Waals surface area contributed by atoms with Gasteiger partial charge in [0.1, 0.15) is 17.2 Å². The van der Waals surface area contributed by atoms with Crippen LogP contribution in [0.3, 0.4) is 0 Å². The maximum absolute atomic E-state index is 11.4. The molecule has 0 unspecified atom stereocenters. The molecule has 4 rings (SSSR count). The highest BCUT2D eigenvalue weighted by Gasteiger charge is 2.25. The lowest BCUT2D eigenvalue weighted by Crippen LogP contribution is -2.18. The average molecular weight is 413 g/mol. The summed E-state index contributed by atoms with van der Waals surface area (Å²) in [5, 5.41) is 9.34. The number of carboxylic acids is 1. The SMILES string of the molecule is CCN(c1ccccc1)c1cc2c(cc1SNC)-c1cc(C(=O)O)sc1CO2. The topological polar surface area (TPSA) is 61.8 Å². The standard InChI is InChI=1S/C21H20N2O3S2/c1-3-23(13-7-5-4-6-8-13)16-11-17-14(9-18(16)28-22-2)15-10-19(21(24)25)27-20(15)12-26-17/h4-11,22H,3,12H2,1-2H3,(H,24,25). The smallest absolute Gasteiger partial charge is 0.345 e. The first-order valence-electron chi connectivity index (χ1n) is 8.95. The predicted molar refractivity (Wildman–Crippen MR) is 115 cm³/mol. The third kappa shape index (κ3) is 3.37. The molecule has 5 nitrogen and oxygen atoms in total. The number of nitrogens with zero attached hydrogens (tertiary/aromatic N) is 1. The van der Waals surface area contributed by atoms with Gasteiger partial charge in [0.15, 0.2) is 0 Å². The molecule has 28 heavy (non-hydrogen) atoms. The number of carboxylic acid groups (broad SMARTS) is 1. The van der Waals surface area contributed by atoms with Crippen LogP contribution in [0.15, 0.2) is 53.4 Å². The van der Waals surface area contributed by atoms with E-state index < -0.39 is 5.97 Å². The normalized spacial score (nSPS) is 12.1. The van der Waals surface area contributed by atoms with E-state index in [2.05, 4.69) is 40.8 Å². The Morgan fingerprint density at radius 3 is 2.71 bits per heavy atom. The Bertz CT molecular complexity index is 1020. The Hall–Kier alpha value is -2.48. The van der Waals surface area contributed by atoms with Crippen LogP contribution in [-0.2, 0) is 6.61 Å². The van der Waals surface area contributed by atoms with Crippen molar-refractivity contribution in [1.82, 2.24) is 4.72 Å². The molecule has 0 radical (unpaired) electrons. The lowest BCUT2D eigenvalue weighted by molar-refractivity contribution is 0.0702. The lowest BCUT2D eigenvalue weighted by atomic mass is 10.0. The zero-order valence-electron chi connectivity index (χ0n) is 15.6. The number of benzene rings is 2. The molecule has 1 aliphatic rings. The van der Waals surface area contributed by atoms with E-state index in [1.807, 2.05) is 25.2 Å². The Balaban J connectivity index is 1.85. The summed E-state index contributed by atoms with van der Waals surface area (Å²) in [6.07, 6.45) is 0. The van der Waals surface area contributed by atoms with Crippen molar-refractivity contribution in [3.8, 4) is 16.9 Å². The predicted octanol–water partition coefficient (Wildman–Crippen LogP) is 5.39. The number of thiophene rings is 1. The summed E-state index contributed by atoms with van der Waals surface area (Å²) >= 11 is 2.82. The number of hydrogen-bond donors (Lipinski definition) is 2. The Kier molecular flexibility index (Phi) is 5.30. The van der Waals surface area contributed by atoms with E-state index in [0.29, 0.717) is 11.5 Å². The molecular weight excluding hydrogens is 392 g/mol. The fourth-order valence-corrected chi connectivity index (χ4v) is 4.99. The van der Waals surface area contributed by atoms with Gasteiger partial charge in [0, 0.05) is 34.3 Å². The molecule has 1 aliphatic heterocycles. The maximum atomic E-state index is 11.4. The number of nitrogens with one attached hydrogen (secondary N) is 1. The van der Waals surface area contributed by atoms with Gasteiger partial charge < -0.3 is 14.7 Å². The Labute approximate surface area is 172 Å². The molecule has 0 aliphatic carbocycles. The lowest BCUT2D eigenvalue weighted by Gasteiger charge is -2.28. The van der Waals surface area contributed by atoms with Crippen molar-refractivity contribution in [1.29, 1.82) is 0 Å². The molecule has 0 atom stereocenters. The molecule has 0 amide bonds. The van der Waals surface area contributed by atoms with Gasteiger partial charge in [-0.05, 0) is 50.2 Å². The van der Waals surface area contributed by atoms with Crippen molar-refractivity contribution < 1.29 is 14.6 Å². The van der Waals surface area contributed by atoms with Crippen LogP contribution < -0.4 is 14.4 Å². The average Bonchev–Trinajstić information content (AvgIpc) is 3.15. The van der Waals surface area contributed by atoms with Crippen LogP contribution in [0, 0.1) is 0 Å². The second-order valence-electron chi connectivity index (χ2n) is 6.24. The number of hydrogen-bond acceptors (Lipinski definition) is 6. The van der Waals surface area contributed by atoms with E-state index in [4.69, 9.17) is 4.74 Å². The molecule has 0 spiro atoms. The molecular formula is C21H20N2O3S2. The van der Waals surface area contributed by atoms with Crippen LogP contribution in [0.1, 0.15) is 21.5 Å². The quantitative estimate of drug-likeness (QED) is 0.529. The molecule has 144 valence electrons. The van der Waals surface area contributed by atoms with E-state index in [0.717, 1.165) is 44.6 Å². The first-order chi connectivity index (χ1) is 13.6. The van der Waals surface area contributed by atoms with Gasteiger partial charge in [0.2, 0.25) is 0 Å². The van der Waals surface area contributed by atoms with Crippen molar-refractivity contribution >= 4 is 40.6 Å². The minimum absolute atomic E-state index is 0.341. The summed E-state index contributed by atoms with van der Waals surface area (Å²) in [7, 11) is 1.89. The van der Waals surface area contributed by atoms with Gasteiger partial charge in [-0.15, -0.1) is 11.3 Å². The fourth-order valence-electron chi connectivity index (χ4n) is 3.39. The number of aromatic carboxylic acids is 1. The molecule has 7 heteroatoms. The first kappa shape index (κ1) is 18.9. The zero-order chi connectivity index (χ0) is 19.7. The van der Waals surface area contributed by atoms with E-state index in [9.17, 15) is 9.90 Å². The van der Waals surface area contributed by atoms with Gasteiger partial charge in [-0.3, -0.25) is 4.72 Å². The highest BCUT2D eigenvalue weighted by molar-refractivity contribution is 7.97. The number of carbonyl (C=O) groups is 1. The van der Waals surface area contributed by atoms with Crippen LogP contribution in [0.5, 0.6) is 5.75 Å². The van der Waals surface area contributed by atoms with Crippen LogP contribution in [0.2, 0.25) is 0 Å². The molecule has 3 aromatic rings. The van der Waals surface area contributed by atoms with Gasteiger partial charge in [-0.1, -0.05) is 18.2 Å². The van der Waals surface area contributed by atoms with Crippen molar-refractivity contribution in [3.05, 3.63) is 58.3 Å². The van der Waals surface area contributed by atoms with Crippen LogP contribution in [-0.4, -0.2) is 24.7 Å². The van der Waals surface area contributed by atoms with E-state index in [1.54, 1.807) is 18.0 Å². The highest BCUT2D eigenvalue weighted by Crippen LogP contribution is 2.47. The fraction of sp³-hybridized carbons (Fsp3) is 0.190. The molecule has 1 aromatic heterocycles. The monoisotopic (exact) mass is 412 g/mol. The van der Waals surface area contributed by atoms with Crippen LogP contribution in [0.25, 0.3) is 11.1 Å². The second kappa shape index (κ2) is 7.87. The molecule has 0 saturated carbocycles. The number of anilines is 2. The van der Waals surface area contributed by atoms with Crippen molar-refractivity contribution in [2.24, 2.45) is 0 Å². The largest absolute Gasteiger partial charge is 0.487 e. The van der Waals surface area contributed by atoms with E-state index in [1.165, 1.54) is 11.3 Å². The summed E-state index contributed by atoms with van der Waals surface area (Å²) in [5.74, 6) is -0.115. The van der Waals surface area contributed by atoms with Gasteiger partial charge >= 0.3 is 5.97 Å². The first-order valence-corrected chi connectivity index (χ1v) is 10.6. The molecule has 2 aromatic carbocycles. The van der Waals surface area contributed by atoms with Crippen molar-refractivity contribution in [3.63, 3.8) is 0 Å². The molecule has 2 N–H and O–H groups in total. The van der Waals surface area contributed by atoms with E-state index >= 15 is 0 Å². The summed E-state index contributed by atoms with van der Waals surface area (Å²) in [4.78, 5) is 16.0. The van der Waals surface area contributed by atoms with Crippen LogP contribution >= 0.6 is 23.3 Å². The number of fused-ring (bicyclic) bond motifs is 3. The summed E-state index contributed by atoms with van der Waals surface area (Å²) in [6.45, 7) is 3.33. The summed E-state index contributed by atoms with van der Waals surface area (Å²) < 4.78 is 9.18. The van der Waals surface area contributed by atoms with Crippen molar-refractivity contribution in [2.75, 3.05) is 18.5 Å². The van der Waals surface area contributed by atoms with Gasteiger partial charge in [-0.25, -0.2) is 4.79 Å². The maximum Gasteiger partial charge on any atom is 0.345 e. The Morgan fingerprint density at radius 1 is 1.25 bits per heavy atom. The van der Waals surface area contributed by atoms with Gasteiger partial charge in [-0.2, -0.15) is 0 Å². The van der Waals surface area contributed by atoms with Crippen LogP contribution in [0.4, 0.5) is 11.4 Å². The minimum Gasteiger partial charge on any atom is -0.487 e. The zero-order valence-corrected chi connectivity index (χ0v) is 17.2. The second-order valence-corrected chi connectivity index (χ2v) is 8.43. The third-order valence-electron chi connectivity index (χ3n) is 4.62. The Morgan fingerprint density at radius 2 is 2.04 bits per heavy atom. The summed E-state index contributed by atoms with van der Waals surface area (Å²) in [6, 6.07) is 16.2. The molecule has 0 bridgehead atoms. The summed E-state index contributed by atoms with van der Waals surface area (Å²) in [5.41, 5.74) is 4.07. The van der Waals surface area contributed by atoms with Gasteiger partial charge in [0.05, 0.1) is 10.6 Å². The van der Waals surface area contributed by atoms with E-state index in [-0.39, 0.29) is 0 Å². The highest BCUT2D eigenvalue weighted by atomic mass is 32.2. The third-order valence-corrected chi connectivity index (χ3v) is 6.46. The molecule has 0 saturated heterocycles. The molecule has 0 fully saturated rings. The number of rotatable bonds is 6. The van der Waals surface area contributed by atoms with Gasteiger partial charge in [0.25, 0.3) is 0 Å². The molecule has 2 heterocycles. The number of para-hydroxylation sites is 1. The van der Waals surface area contributed by atoms with Crippen molar-refractivity contribution in [2.45, 2.75) is 18.4 Å².